The minimum absolute atomic E-state index is 0.679. The summed E-state index contributed by atoms with van der Waals surface area (Å²) in [6.07, 6.45) is 4.41. The molecule has 1 N–H and O–H groups in total. The predicted octanol–water partition coefficient (Wildman–Crippen LogP) is 1.81. The maximum atomic E-state index is 4.57. The van der Waals surface area contributed by atoms with E-state index in [0.29, 0.717) is 6.04 Å². The van der Waals surface area contributed by atoms with E-state index in [-0.39, 0.29) is 0 Å². The van der Waals surface area contributed by atoms with Gasteiger partial charge in [0.25, 0.3) is 0 Å². The van der Waals surface area contributed by atoms with E-state index in [9.17, 15) is 0 Å². The summed E-state index contributed by atoms with van der Waals surface area (Å²) in [5.74, 6) is 0. The average molecular weight is 256 g/mol. The van der Waals surface area contributed by atoms with E-state index in [4.69, 9.17) is 0 Å². The molecule has 1 fully saturated rings. The van der Waals surface area contributed by atoms with Gasteiger partial charge in [-0.1, -0.05) is 0 Å². The lowest BCUT2D eigenvalue weighted by molar-refractivity contribution is 0.300. The third-order valence-electron chi connectivity index (χ3n) is 3.88. The minimum Gasteiger partial charge on any atom is -0.310 e. The van der Waals surface area contributed by atoms with E-state index < -0.39 is 0 Å². The Bertz CT molecular complexity index is 555. The molecule has 0 spiro atoms. The zero-order valence-corrected chi connectivity index (χ0v) is 11.3. The second-order valence-electron chi connectivity index (χ2n) is 5.26. The first-order valence-electron chi connectivity index (χ1n) is 6.94. The highest BCUT2D eigenvalue weighted by molar-refractivity contribution is 5.74. The van der Waals surface area contributed by atoms with Gasteiger partial charge in [0.2, 0.25) is 0 Å². The molecule has 1 saturated heterocycles. The van der Waals surface area contributed by atoms with Crippen LogP contribution in [0, 0.1) is 0 Å². The molecular weight excluding hydrogens is 236 g/mol. The van der Waals surface area contributed by atoms with Gasteiger partial charge in [0.1, 0.15) is 0 Å². The summed E-state index contributed by atoms with van der Waals surface area (Å²) in [4.78, 5) is 11.3. The van der Waals surface area contributed by atoms with E-state index in [1.54, 1.807) is 6.20 Å². The summed E-state index contributed by atoms with van der Waals surface area (Å²) in [5.41, 5.74) is 1.90. The number of aromatic nitrogens is 2. The van der Waals surface area contributed by atoms with Gasteiger partial charge in [-0.15, -0.1) is 0 Å². The Morgan fingerprint density at radius 1 is 1.37 bits per heavy atom. The zero-order valence-electron chi connectivity index (χ0n) is 11.3. The van der Waals surface area contributed by atoms with E-state index in [0.717, 1.165) is 29.8 Å². The number of rotatable bonds is 4. The molecule has 0 unspecified atom stereocenters. The molecule has 1 atom stereocenters. The van der Waals surface area contributed by atoms with Gasteiger partial charge in [-0.05, 0) is 50.7 Å². The van der Waals surface area contributed by atoms with Crippen LogP contribution in [0.25, 0.3) is 11.0 Å². The van der Waals surface area contributed by atoms with Crippen molar-refractivity contribution in [2.45, 2.75) is 25.4 Å². The molecule has 0 amide bonds. The van der Waals surface area contributed by atoms with E-state index in [2.05, 4.69) is 39.4 Å². The van der Waals surface area contributed by atoms with Crippen LogP contribution in [0.1, 0.15) is 18.5 Å². The molecule has 4 nitrogen and oxygen atoms in total. The highest BCUT2D eigenvalue weighted by Crippen LogP contribution is 2.14. The Labute approximate surface area is 113 Å². The first kappa shape index (κ1) is 12.5. The number of nitrogens with one attached hydrogen (secondary N) is 1. The summed E-state index contributed by atoms with van der Waals surface area (Å²) in [6.45, 7) is 3.08. The van der Waals surface area contributed by atoms with E-state index in [1.165, 1.54) is 19.4 Å². The SMILES string of the molecule is CN1CCC[C@H]1CNCc1ccc2cccnc2n1. The van der Waals surface area contributed by atoms with Crippen LogP contribution in [0.5, 0.6) is 0 Å². The summed E-state index contributed by atoms with van der Waals surface area (Å²) in [6, 6.07) is 8.83. The summed E-state index contributed by atoms with van der Waals surface area (Å²) < 4.78 is 0. The smallest absolute Gasteiger partial charge is 0.159 e. The summed E-state index contributed by atoms with van der Waals surface area (Å²) in [7, 11) is 2.21. The largest absolute Gasteiger partial charge is 0.310 e. The number of hydrogen-bond acceptors (Lipinski definition) is 4. The van der Waals surface area contributed by atoms with Gasteiger partial charge in [-0.25, -0.2) is 9.97 Å². The lowest BCUT2D eigenvalue weighted by Crippen LogP contribution is -2.35. The third-order valence-corrected chi connectivity index (χ3v) is 3.88. The second-order valence-corrected chi connectivity index (χ2v) is 5.26. The quantitative estimate of drug-likeness (QED) is 0.906. The van der Waals surface area contributed by atoms with Crippen molar-refractivity contribution in [3.63, 3.8) is 0 Å². The Hall–Kier alpha value is -1.52. The Balaban J connectivity index is 1.59. The molecule has 100 valence electrons. The van der Waals surface area contributed by atoms with Crippen molar-refractivity contribution in [1.82, 2.24) is 20.2 Å². The van der Waals surface area contributed by atoms with Crippen molar-refractivity contribution in [3.05, 3.63) is 36.2 Å². The molecule has 0 bridgehead atoms. The summed E-state index contributed by atoms with van der Waals surface area (Å²) >= 11 is 0. The van der Waals surface area contributed by atoms with Gasteiger partial charge < -0.3 is 10.2 Å². The van der Waals surface area contributed by atoms with Gasteiger partial charge in [0.15, 0.2) is 5.65 Å². The van der Waals surface area contributed by atoms with Crippen LogP contribution in [-0.4, -0.2) is 41.0 Å². The normalized spacial score (nSPS) is 20.2. The predicted molar refractivity (Wildman–Crippen MR) is 76.9 cm³/mol. The lowest BCUT2D eigenvalue weighted by atomic mass is 10.2. The molecule has 3 rings (SSSR count). The van der Waals surface area contributed by atoms with Crippen molar-refractivity contribution in [2.75, 3.05) is 20.1 Å². The average Bonchev–Trinajstić information content (AvgIpc) is 2.84. The molecule has 1 aliphatic heterocycles. The van der Waals surface area contributed by atoms with Crippen molar-refractivity contribution in [1.29, 1.82) is 0 Å². The number of nitrogens with zero attached hydrogens (tertiary/aromatic N) is 3. The van der Waals surface area contributed by atoms with Crippen LogP contribution in [-0.2, 0) is 6.54 Å². The molecule has 3 heterocycles. The second kappa shape index (κ2) is 5.63. The highest BCUT2D eigenvalue weighted by Gasteiger charge is 2.19. The Morgan fingerprint density at radius 2 is 2.32 bits per heavy atom. The van der Waals surface area contributed by atoms with Gasteiger partial charge in [-0.3, -0.25) is 0 Å². The van der Waals surface area contributed by atoms with Gasteiger partial charge in [0.05, 0.1) is 5.69 Å². The molecule has 4 heteroatoms. The standard InChI is InChI=1S/C15H20N4/c1-19-9-3-5-14(19)11-16-10-13-7-6-12-4-2-8-17-15(12)18-13/h2,4,6-8,14,16H,3,5,9-11H2,1H3/t14-/m0/s1. The molecule has 0 saturated carbocycles. The minimum atomic E-state index is 0.679. The van der Waals surface area contributed by atoms with Gasteiger partial charge in [-0.2, -0.15) is 0 Å². The maximum absolute atomic E-state index is 4.57. The van der Waals surface area contributed by atoms with Crippen molar-refractivity contribution < 1.29 is 0 Å². The molecule has 1 aliphatic rings. The Morgan fingerprint density at radius 3 is 3.16 bits per heavy atom. The van der Waals surface area contributed by atoms with Crippen molar-refractivity contribution in [2.24, 2.45) is 0 Å². The number of likely N-dealkylation sites (N-methyl/N-ethyl adjacent to an activating group) is 1. The molecular formula is C15H20N4. The molecule has 2 aromatic rings. The fraction of sp³-hybridized carbons (Fsp3) is 0.467. The fourth-order valence-electron chi connectivity index (χ4n) is 2.69. The Kier molecular flexibility index (Phi) is 3.71. The molecule has 19 heavy (non-hydrogen) atoms. The highest BCUT2D eigenvalue weighted by atomic mass is 15.2. The van der Waals surface area contributed by atoms with Crippen LogP contribution in [0.3, 0.4) is 0 Å². The van der Waals surface area contributed by atoms with Crippen LogP contribution >= 0.6 is 0 Å². The van der Waals surface area contributed by atoms with Crippen LogP contribution in [0.15, 0.2) is 30.5 Å². The summed E-state index contributed by atoms with van der Waals surface area (Å²) in [5, 5.41) is 4.61. The number of hydrogen-bond donors (Lipinski definition) is 1. The number of fused-ring (bicyclic) bond motifs is 1. The first-order valence-corrected chi connectivity index (χ1v) is 6.94. The third kappa shape index (κ3) is 2.91. The molecule has 2 aromatic heterocycles. The fourth-order valence-corrected chi connectivity index (χ4v) is 2.69. The molecule has 0 aromatic carbocycles. The van der Waals surface area contributed by atoms with Crippen molar-refractivity contribution in [3.8, 4) is 0 Å². The van der Waals surface area contributed by atoms with Crippen molar-refractivity contribution >= 4 is 11.0 Å². The molecule has 0 aliphatic carbocycles. The van der Waals surface area contributed by atoms with Gasteiger partial charge >= 0.3 is 0 Å². The van der Waals surface area contributed by atoms with Gasteiger partial charge in [0, 0.05) is 30.7 Å². The van der Waals surface area contributed by atoms with Crippen LogP contribution < -0.4 is 5.32 Å². The molecule has 0 radical (unpaired) electrons. The van der Waals surface area contributed by atoms with E-state index in [1.807, 2.05) is 12.1 Å². The lowest BCUT2D eigenvalue weighted by Gasteiger charge is -2.19. The van der Waals surface area contributed by atoms with Crippen LogP contribution in [0.4, 0.5) is 0 Å². The number of pyridine rings is 2. The maximum Gasteiger partial charge on any atom is 0.159 e. The zero-order chi connectivity index (χ0) is 13.1. The van der Waals surface area contributed by atoms with Crippen LogP contribution in [0.2, 0.25) is 0 Å². The topological polar surface area (TPSA) is 41.0 Å². The number of likely N-dealkylation sites (tertiary alicyclic amines) is 1. The monoisotopic (exact) mass is 256 g/mol. The first-order chi connectivity index (χ1) is 9.33. The van der Waals surface area contributed by atoms with E-state index >= 15 is 0 Å².